The van der Waals surface area contributed by atoms with Gasteiger partial charge in [0.2, 0.25) is 5.78 Å². The Morgan fingerprint density at radius 1 is 1.27 bits per heavy atom. The second-order valence-corrected chi connectivity index (χ2v) is 9.99. The Hall–Kier alpha value is -1.79. The number of aliphatic hydroxyl groups excluding tert-OH is 2. The number of aliphatic hydroxyl groups is 2. The van der Waals surface area contributed by atoms with Gasteiger partial charge in [0.05, 0.1) is 6.10 Å². The summed E-state index contributed by atoms with van der Waals surface area (Å²) in [6.45, 7) is 5.06. The highest BCUT2D eigenvalue weighted by atomic mass is 16.6. The lowest BCUT2D eigenvalue weighted by atomic mass is 9.46. The summed E-state index contributed by atoms with van der Waals surface area (Å²) in [5, 5.41) is 21.1. The summed E-state index contributed by atoms with van der Waals surface area (Å²) >= 11 is 0. The standard InChI is InChI=1S/C24H32O6/c1-4-20(29)30-24(19(28)13-25)10-8-17-16-6-5-14-11-15(26)7-9-22(14,2)21(16)18(27)12-23(17,24)3/h7,9,11,16-18,21,25,27H,4-6,8,10,12-13H2,1-3H3/t16-,17-,18-,21+,22-,23-,24+/m0/s1. The Bertz CT molecular complexity index is 843. The van der Waals surface area contributed by atoms with Crippen molar-refractivity contribution >= 4 is 17.5 Å². The minimum absolute atomic E-state index is 0.00373. The van der Waals surface area contributed by atoms with Crippen LogP contribution in [0, 0.1) is 28.6 Å². The quantitative estimate of drug-likeness (QED) is 0.683. The van der Waals surface area contributed by atoms with Crippen LogP contribution >= 0.6 is 0 Å². The van der Waals surface area contributed by atoms with E-state index in [9.17, 15) is 24.6 Å². The number of esters is 1. The van der Waals surface area contributed by atoms with Gasteiger partial charge in [-0.1, -0.05) is 32.4 Å². The third-order valence-corrected chi connectivity index (χ3v) is 8.79. The van der Waals surface area contributed by atoms with Gasteiger partial charge in [0.15, 0.2) is 11.4 Å². The van der Waals surface area contributed by atoms with E-state index in [-0.39, 0.29) is 35.4 Å². The maximum absolute atomic E-state index is 13.0. The molecular formula is C24H32O6. The molecule has 0 saturated heterocycles. The van der Waals surface area contributed by atoms with Crippen molar-refractivity contribution in [2.24, 2.45) is 28.6 Å². The molecule has 0 radical (unpaired) electrons. The zero-order valence-corrected chi connectivity index (χ0v) is 18.0. The van der Waals surface area contributed by atoms with Crippen LogP contribution in [0.4, 0.5) is 0 Å². The van der Waals surface area contributed by atoms with E-state index in [0.29, 0.717) is 19.3 Å². The highest BCUT2D eigenvalue weighted by molar-refractivity contribution is 6.01. The van der Waals surface area contributed by atoms with Crippen LogP contribution in [0.15, 0.2) is 23.8 Å². The van der Waals surface area contributed by atoms with E-state index in [2.05, 4.69) is 6.92 Å². The molecule has 0 aromatic rings. The Balaban J connectivity index is 1.76. The van der Waals surface area contributed by atoms with Crippen molar-refractivity contribution in [2.75, 3.05) is 6.61 Å². The zero-order chi connectivity index (χ0) is 21.9. The molecule has 3 fully saturated rings. The number of ketones is 2. The van der Waals surface area contributed by atoms with Crippen LogP contribution in [0.5, 0.6) is 0 Å². The molecular weight excluding hydrogens is 384 g/mol. The van der Waals surface area contributed by atoms with Gasteiger partial charge in [-0.25, -0.2) is 0 Å². The van der Waals surface area contributed by atoms with Gasteiger partial charge in [-0.2, -0.15) is 0 Å². The lowest BCUT2D eigenvalue weighted by Gasteiger charge is -2.59. The van der Waals surface area contributed by atoms with Crippen molar-refractivity contribution < 1.29 is 29.3 Å². The summed E-state index contributed by atoms with van der Waals surface area (Å²) in [6.07, 6.45) is 7.75. The van der Waals surface area contributed by atoms with Crippen LogP contribution in [-0.4, -0.2) is 46.1 Å². The number of carbonyl (C=O) groups is 3. The first-order valence-corrected chi connectivity index (χ1v) is 11.1. The zero-order valence-electron chi connectivity index (χ0n) is 18.0. The summed E-state index contributed by atoms with van der Waals surface area (Å²) in [7, 11) is 0. The van der Waals surface area contributed by atoms with E-state index in [4.69, 9.17) is 4.74 Å². The maximum atomic E-state index is 13.0. The molecule has 2 N–H and O–H groups in total. The molecule has 30 heavy (non-hydrogen) atoms. The fraction of sp³-hybridized carbons (Fsp3) is 0.708. The molecule has 4 aliphatic carbocycles. The molecule has 0 aliphatic heterocycles. The summed E-state index contributed by atoms with van der Waals surface area (Å²) in [6, 6.07) is 0. The Labute approximate surface area is 177 Å². The minimum atomic E-state index is -1.39. The van der Waals surface area contributed by atoms with E-state index in [1.807, 2.05) is 13.0 Å². The van der Waals surface area contributed by atoms with E-state index in [1.54, 1.807) is 19.1 Å². The predicted molar refractivity (Wildman–Crippen MR) is 109 cm³/mol. The average molecular weight is 417 g/mol. The molecule has 7 atom stereocenters. The van der Waals surface area contributed by atoms with Gasteiger partial charge in [-0.3, -0.25) is 14.4 Å². The lowest BCUT2D eigenvalue weighted by molar-refractivity contribution is -0.200. The SMILES string of the molecule is CCC(=O)O[C@@]1(C(=O)CO)CC[C@H]2[C@@H]3CCC4=CC(=O)C=C[C@]4(C)[C@H]3[C@@H](O)C[C@@]21C. The van der Waals surface area contributed by atoms with Crippen LogP contribution in [0.2, 0.25) is 0 Å². The van der Waals surface area contributed by atoms with E-state index in [0.717, 1.165) is 18.4 Å². The van der Waals surface area contributed by atoms with Crippen molar-refractivity contribution in [1.82, 2.24) is 0 Å². The van der Waals surface area contributed by atoms with Gasteiger partial charge in [0.25, 0.3) is 0 Å². The molecule has 4 rings (SSSR count). The van der Waals surface area contributed by atoms with Crippen molar-refractivity contribution in [1.29, 1.82) is 0 Å². The van der Waals surface area contributed by atoms with Crippen LogP contribution in [-0.2, 0) is 19.1 Å². The summed E-state index contributed by atoms with van der Waals surface area (Å²) in [5.41, 5.74) is -1.43. The Morgan fingerprint density at radius 3 is 2.67 bits per heavy atom. The van der Waals surface area contributed by atoms with E-state index in [1.165, 1.54) is 0 Å². The number of rotatable bonds is 4. The average Bonchev–Trinajstić information content (AvgIpc) is 3.00. The smallest absolute Gasteiger partial charge is 0.306 e. The topological polar surface area (TPSA) is 101 Å². The van der Waals surface area contributed by atoms with E-state index >= 15 is 0 Å². The monoisotopic (exact) mass is 416 g/mol. The second kappa shape index (κ2) is 7.13. The first-order chi connectivity index (χ1) is 14.1. The molecule has 4 aliphatic rings. The van der Waals surface area contributed by atoms with Gasteiger partial charge >= 0.3 is 5.97 Å². The number of Topliss-reactive ketones (excluding diaryl/α,β-unsaturated/α-hetero) is 1. The molecule has 164 valence electrons. The van der Waals surface area contributed by atoms with Crippen LogP contribution in [0.25, 0.3) is 0 Å². The molecule has 0 spiro atoms. The van der Waals surface area contributed by atoms with Crippen LogP contribution in [0.3, 0.4) is 0 Å². The third kappa shape index (κ3) is 2.72. The van der Waals surface area contributed by atoms with Crippen molar-refractivity contribution in [2.45, 2.75) is 71.0 Å². The normalized spacial score (nSPS) is 44.6. The summed E-state index contributed by atoms with van der Waals surface area (Å²) < 4.78 is 5.82. The largest absolute Gasteiger partial charge is 0.450 e. The molecule has 6 nitrogen and oxygen atoms in total. The number of allylic oxidation sites excluding steroid dienone is 4. The fourth-order valence-electron chi connectivity index (χ4n) is 7.39. The number of hydrogen-bond acceptors (Lipinski definition) is 6. The van der Waals surface area contributed by atoms with Crippen molar-refractivity contribution in [3.63, 3.8) is 0 Å². The molecule has 0 amide bonds. The first-order valence-electron chi connectivity index (χ1n) is 11.1. The maximum Gasteiger partial charge on any atom is 0.306 e. The number of hydrogen-bond donors (Lipinski definition) is 2. The molecule has 6 heteroatoms. The Kier molecular flexibility index (Phi) is 5.09. The van der Waals surface area contributed by atoms with Gasteiger partial charge < -0.3 is 14.9 Å². The van der Waals surface area contributed by atoms with Gasteiger partial charge in [0, 0.05) is 23.2 Å². The third-order valence-electron chi connectivity index (χ3n) is 8.79. The summed E-state index contributed by atoms with van der Waals surface area (Å²) in [4.78, 5) is 37.2. The fourth-order valence-corrected chi connectivity index (χ4v) is 7.39. The van der Waals surface area contributed by atoms with Gasteiger partial charge in [-0.05, 0) is 56.1 Å². The number of carbonyl (C=O) groups excluding carboxylic acids is 3. The minimum Gasteiger partial charge on any atom is -0.450 e. The highest BCUT2D eigenvalue weighted by Gasteiger charge is 2.70. The molecule has 0 bridgehead atoms. The molecule has 0 unspecified atom stereocenters. The van der Waals surface area contributed by atoms with Gasteiger partial charge in [-0.15, -0.1) is 0 Å². The molecule has 0 aromatic carbocycles. The van der Waals surface area contributed by atoms with Crippen molar-refractivity contribution in [3.8, 4) is 0 Å². The van der Waals surface area contributed by atoms with Crippen LogP contribution in [0.1, 0.15) is 59.3 Å². The highest BCUT2D eigenvalue weighted by Crippen LogP contribution is 2.67. The molecule has 0 heterocycles. The second-order valence-electron chi connectivity index (χ2n) is 9.99. The predicted octanol–water partition coefficient (Wildman–Crippen LogP) is 2.52. The first kappa shape index (κ1) is 21.4. The van der Waals surface area contributed by atoms with Gasteiger partial charge in [0.1, 0.15) is 6.61 Å². The summed E-state index contributed by atoms with van der Waals surface area (Å²) in [5.74, 6) is -0.740. The van der Waals surface area contributed by atoms with Crippen LogP contribution < -0.4 is 0 Å². The number of ether oxygens (including phenoxy) is 1. The number of fused-ring (bicyclic) bond motifs is 5. The molecule has 0 aromatic heterocycles. The van der Waals surface area contributed by atoms with E-state index < -0.39 is 35.5 Å². The Morgan fingerprint density at radius 2 is 2.00 bits per heavy atom. The lowest BCUT2D eigenvalue weighted by Crippen LogP contribution is -2.63. The molecule has 3 saturated carbocycles. The van der Waals surface area contributed by atoms with Crippen molar-refractivity contribution in [3.05, 3.63) is 23.8 Å².